The standard InChI is InChI=1S/C14H13ClN6O2/c15-14-17-8-4-5-23-11(8)12(19-14)18-10-6-9(20-21-10)13(22)16-7-2-1-3-7/h4-7H,1-3H2,(H,16,22)(H2,17,18,19,20,21). The molecule has 0 unspecified atom stereocenters. The molecule has 118 valence electrons. The minimum absolute atomic E-state index is 0.101. The fourth-order valence-corrected chi connectivity index (χ4v) is 2.54. The van der Waals surface area contributed by atoms with E-state index in [9.17, 15) is 4.79 Å². The maximum Gasteiger partial charge on any atom is 0.272 e. The van der Waals surface area contributed by atoms with Crippen molar-refractivity contribution in [3.63, 3.8) is 0 Å². The van der Waals surface area contributed by atoms with Gasteiger partial charge in [0.2, 0.25) is 5.28 Å². The van der Waals surface area contributed by atoms with E-state index in [4.69, 9.17) is 16.0 Å². The number of aromatic amines is 1. The van der Waals surface area contributed by atoms with E-state index in [0.29, 0.717) is 28.4 Å². The number of hydrogen-bond donors (Lipinski definition) is 3. The second-order valence-electron chi connectivity index (χ2n) is 5.37. The Morgan fingerprint density at radius 1 is 1.39 bits per heavy atom. The molecule has 3 N–H and O–H groups in total. The van der Waals surface area contributed by atoms with Crippen LogP contribution < -0.4 is 10.6 Å². The minimum Gasteiger partial charge on any atom is -0.459 e. The van der Waals surface area contributed by atoms with E-state index in [1.165, 1.54) is 6.26 Å². The Morgan fingerprint density at radius 3 is 3.04 bits per heavy atom. The fraction of sp³-hybridized carbons (Fsp3) is 0.286. The second-order valence-corrected chi connectivity index (χ2v) is 5.71. The van der Waals surface area contributed by atoms with E-state index in [2.05, 4.69) is 30.8 Å². The molecule has 1 amide bonds. The normalized spacial score (nSPS) is 14.7. The molecule has 1 fully saturated rings. The maximum absolute atomic E-state index is 12.1. The summed E-state index contributed by atoms with van der Waals surface area (Å²) < 4.78 is 5.35. The third kappa shape index (κ3) is 2.72. The zero-order valence-corrected chi connectivity index (χ0v) is 12.7. The Morgan fingerprint density at radius 2 is 2.26 bits per heavy atom. The average Bonchev–Trinajstić information content (AvgIpc) is 3.11. The van der Waals surface area contributed by atoms with Crippen molar-refractivity contribution in [3.8, 4) is 0 Å². The van der Waals surface area contributed by atoms with Crippen LogP contribution in [0.25, 0.3) is 11.1 Å². The third-order valence-corrected chi connectivity index (χ3v) is 3.95. The van der Waals surface area contributed by atoms with Crippen LogP contribution in [-0.4, -0.2) is 32.1 Å². The first-order chi connectivity index (χ1) is 11.2. The Balaban J connectivity index is 1.54. The molecule has 0 aliphatic heterocycles. The minimum atomic E-state index is -0.192. The van der Waals surface area contributed by atoms with Gasteiger partial charge in [0.05, 0.1) is 6.26 Å². The Labute approximate surface area is 135 Å². The largest absolute Gasteiger partial charge is 0.459 e. The van der Waals surface area contributed by atoms with Crippen molar-refractivity contribution in [1.29, 1.82) is 0 Å². The highest BCUT2D eigenvalue weighted by molar-refractivity contribution is 6.28. The lowest BCUT2D eigenvalue weighted by atomic mass is 9.93. The summed E-state index contributed by atoms with van der Waals surface area (Å²) in [6.45, 7) is 0. The molecule has 3 aromatic heterocycles. The summed E-state index contributed by atoms with van der Waals surface area (Å²) in [6, 6.07) is 3.57. The summed E-state index contributed by atoms with van der Waals surface area (Å²) in [5.74, 6) is 0.721. The van der Waals surface area contributed by atoms with Crippen LogP contribution in [0.3, 0.4) is 0 Å². The van der Waals surface area contributed by atoms with Gasteiger partial charge < -0.3 is 15.1 Å². The molecule has 1 aliphatic carbocycles. The van der Waals surface area contributed by atoms with Crippen molar-refractivity contribution in [2.24, 2.45) is 0 Å². The van der Waals surface area contributed by atoms with E-state index < -0.39 is 0 Å². The van der Waals surface area contributed by atoms with E-state index >= 15 is 0 Å². The van der Waals surface area contributed by atoms with Crippen LogP contribution in [0.1, 0.15) is 29.8 Å². The summed E-state index contributed by atoms with van der Waals surface area (Å²) >= 11 is 5.89. The van der Waals surface area contributed by atoms with Gasteiger partial charge in [0, 0.05) is 18.2 Å². The molecular weight excluding hydrogens is 320 g/mol. The molecule has 9 heteroatoms. The Bertz CT molecular complexity index is 869. The van der Waals surface area contributed by atoms with Gasteiger partial charge in [0.25, 0.3) is 5.91 Å². The molecule has 1 aliphatic rings. The maximum atomic E-state index is 12.1. The van der Waals surface area contributed by atoms with E-state index in [0.717, 1.165) is 19.3 Å². The number of aromatic nitrogens is 4. The van der Waals surface area contributed by atoms with E-state index in [1.54, 1.807) is 12.1 Å². The van der Waals surface area contributed by atoms with Crippen LogP contribution in [0.15, 0.2) is 22.8 Å². The number of carbonyl (C=O) groups is 1. The lowest BCUT2D eigenvalue weighted by Gasteiger charge is -2.25. The quantitative estimate of drug-likeness (QED) is 0.634. The highest BCUT2D eigenvalue weighted by atomic mass is 35.5. The SMILES string of the molecule is O=C(NC1CCC1)c1cc(Nc2nc(Cl)nc3ccoc23)[nH]n1. The molecule has 0 saturated heterocycles. The van der Waals surface area contributed by atoms with Crippen LogP contribution >= 0.6 is 11.6 Å². The molecule has 0 atom stereocenters. The van der Waals surface area contributed by atoms with Crippen molar-refractivity contribution in [2.75, 3.05) is 5.32 Å². The average molecular weight is 333 g/mol. The van der Waals surface area contributed by atoms with Gasteiger partial charge in [0.1, 0.15) is 11.3 Å². The molecular formula is C14H13ClN6O2. The summed E-state index contributed by atoms with van der Waals surface area (Å²) in [5.41, 5.74) is 1.38. The van der Waals surface area contributed by atoms with Crippen molar-refractivity contribution in [2.45, 2.75) is 25.3 Å². The molecule has 1 saturated carbocycles. The number of hydrogen-bond acceptors (Lipinski definition) is 6. The number of nitrogens with one attached hydrogen (secondary N) is 3. The second kappa shape index (κ2) is 5.54. The van der Waals surface area contributed by atoms with Gasteiger partial charge in [-0.3, -0.25) is 9.89 Å². The van der Waals surface area contributed by atoms with Crippen LogP contribution in [0.2, 0.25) is 5.28 Å². The number of furan rings is 1. The van der Waals surface area contributed by atoms with Crippen molar-refractivity contribution >= 4 is 40.2 Å². The Hall–Kier alpha value is -2.61. The van der Waals surface area contributed by atoms with Crippen LogP contribution in [0.4, 0.5) is 11.6 Å². The number of anilines is 2. The monoisotopic (exact) mass is 332 g/mol. The third-order valence-electron chi connectivity index (χ3n) is 3.78. The highest BCUT2D eigenvalue weighted by Gasteiger charge is 2.21. The van der Waals surface area contributed by atoms with Gasteiger partial charge in [-0.05, 0) is 30.9 Å². The predicted molar refractivity (Wildman–Crippen MR) is 83.8 cm³/mol. The van der Waals surface area contributed by atoms with Gasteiger partial charge in [-0.1, -0.05) is 0 Å². The van der Waals surface area contributed by atoms with E-state index in [1.807, 2.05) is 0 Å². The summed E-state index contributed by atoms with van der Waals surface area (Å²) in [7, 11) is 0. The lowest BCUT2D eigenvalue weighted by molar-refractivity contribution is 0.0912. The summed E-state index contributed by atoms with van der Waals surface area (Å²) in [6.07, 6.45) is 4.71. The molecule has 0 aromatic carbocycles. The first kappa shape index (κ1) is 14.0. The molecule has 0 bridgehead atoms. The zero-order valence-electron chi connectivity index (χ0n) is 12.0. The van der Waals surface area contributed by atoms with Crippen molar-refractivity contribution in [3.05, 3.63) is 29.4 Å². The van der Waals surface area contributed by atoms with Crippen molar-refractivity contribution in [1.82, 2.24) is 25.5 Å². The number of nitrogens with zero attached hydrogens (tertiary/aromatic N) is 3. The number of carbonyl (C=O) groups excluding carboxylic acids is 1. The number of halogens is 1. The molecule has 3 aromatic rings. The van der Waals surface area contributed by atoms with Gasteiger partial charge in [-0.25, -0.2) is 4.98 Å². The topological polar surface area (TPSA) is 109 Å². The number of fused-ring (bicyclic) bond motifs is 1. The number of H-pyrrole nitrogens is 1. The molecule has 4 rings (SSSR count). The van der Waals surface area contributed by atoms with E-state index in [-0.39, 0.29) is 17.2 Å². The highest BCUT2D eigenvalue weighted by Crippen LogP contribution is 2.25. The summed E-state index contributed by atoms with van der Waals surface area (Å²) in [5, 5.41) is 12.8. The number of rotatable bonds is 4. The van der Waals surface area contributed by atoms with Gasteiger partial charge in [-0.2, -0.15) is 10.1 Å². The van der Waals surface area contributed by atoms with Gasteiger partial charge in [-0.15, -0.1) is 0 Å². The fourth-order valence-electron chi connectivity index (χ4n) is 2.36. The summed E-state index contributed by atoms with van der Waals surface area (Å²) in [4.78, 5) is 20.2. The van der Waals surface area contributed by atoms with Crippen LogP contribution in [0, 0.1) is 0 Å². The first-order valence-electron chi connectivity index (χ1n) is 7.23. The van der Waals surface area contributed by atoms with Gasteiger partial charge >= 0.3 is 0 Å². The molecule has 23 heavy (non-hydrogen) atoms. The molecule has 8 nitrogen and oxygen atoms in total. The van der Waals surface area contributed by atoms with Crippen LogP contribution in [0.5, 0.6) is 0 Å². The molecule has 0 spiro atoms. The zero-order chi connectivity index (χ0) is 15.8. The first-order valence-corrected chi connectivity index (χ1v) is 7.61. The predicted octanol–water partition coefficient (Wildman–Crippen LogP) is 2.63. The van der Waals surface area contributed by atoms with Crippen molar-refractivity contribution < 1.29 is 9.21 Å². The number of amides is 1. The van der Waals surface area contributed by atoms with Gasteiger partial charge in [0.15, 0.2) is 17.1 Å². The molecule has 3 heterocycles. The van der Waals surface area contributed by atoms with Crippen LogP contribution in [-0.2, 0) is 0 Å². The Kier molecular flexibility index (Phi) is 3.38. The lowest BCUT2D eigenvalue weighted by Crippen LogP contribution is -2.39. The smallest absolute Gasteiger partial charge is 0.272 e. The molecule has 0 radical (unpaired) electrons.